The van der Waals surface area contributed by atoms with E-state index in [-0.39, 0.29) is 23.9 Å². The minimum atomic E-state index is 0.0566. The van der Waals surface area contributed by atoms with Gasteiger partial charge in [-0.3, -0.25) is 4.79 Å². The summed E-state index contributed by atoms with van der Waals surface area (Å²) in [6.07, 6.45) is 0.844. The third kappa shape index (κ3) is 2.86. The van der Waals surface area contributed by atoms with Gasteiger partial charge in [0.25, 0.3) is 0 Å². The first kappa shape index (κ1) is 12.1. The maximum Gasteiger partial charge on any atom is 0.227 e. The van der Waals surface area contributed by atoms with Crippen molar-refractivity contribution in [1.82, 2.24) is 4.90 Å². The van der Waals surface area contributed by atoms with Gasteiger partial charge >= 0.3 is 0 Å². The molecule has 0 spiro atoms. The summed E-state index contributed by atoms with van der Waals surface area (Å²) in [5.74, 6) is 0.262. The van der Waals surface area contributed by atoms with Crippen LogP contribution in [-0.4, -0.2) is 22.9 Å². The maximum atomic E-state index is 12.2. The minimum absolute atomic E-state index is 0.0566. The largest absolute Gasteiger partial charge is 0.336 e. The lowest BCUT2D eigenvalue weighted by Crippen LogP contribution is -2.38. The van der Waals surface area contributed by atoms with Gasteiger partial charge in [-0.05, 0) is 25.8 Å². The van der Waals surface area contributed by atoms with Crippen LogP contribution >= 0.6 is 0 Å². The monoisotopic (exact) mass is 232 g/mol. The normalized spacial score (nSPS) is 22.6. The Bertz CT molecular complexity index is 388. The molecule has 1 aliphatic carbocycles. The molecule has 1 saturated carbocycles. The molecule has 1 fully saturated rings. The molecule has 1 aromatic rings. The molecule has 1 aromatic carbocycles. The van der Waals surface area contributed by atoms with E-state index in [9.17, 15) is 4.79 Å². The van der Waals surface area contributed by atoms with E-state index in [0.29, 0.717) is 6.54 Å². The Labute approximate surface area is 103 Å². The molecule has 1 aliphatic rings. The standard InChI is InChI=1S/C14H20N2O/c1-10(2)16(14(17)12-8-13(12)15)9-11-6-4-3-5-7-11/h3-7,10,12-13H,8-9,15H2,1-2H3. The fourth-order valence-corrected chi connectivity index (χ4v) is 2.01. The van der Waals surface area contributed by atoms with Gasteiger partial charge in [-0.15, -0.1) is 0 Å². The van der Waals surface area contributed by atoms with E-state index in [4.69, 9.17) is 5.73 Å². The van der Waals surface area contributed by atoms with Crippen LogP contribution in [0, 0.1) is 5.92 Å². The lowest BCUT2D eigenvalue weighted by molar-refractivity contribution is -0.135. The van der Waals surface area contributed by atoms with Gasteiger partial charge in [-0.25, -0.2) is 0 Å². The summed E-state index contributed by atoms with van der Waals surface area (Å²) in [7, 11) is 0. The van der Waals surface area contributed by atoms with Gasteiger partial charge in [0.15, 0.2) is 0 Å². The summed E-state index contributed by atoms with van der Waals surface area (Å²) >= 11 is 0. The van der Waals surface area contributed by atoms with Crippen LogP contribution in [0.25, 0.3) is 0 Å². The summed E-state index contributed by atoms with van der Waals surface area (Å²) in [4.78, 5) is 14.1. The van der Waals surface area contributed by atoms with Gasteiger partial charge < -0.3 is 10.6 Å². The predicted octanol–water partition coefficient (Wildman–Crippen LogP) is 1.77. The van der Waals surface area contributed by atoms with Gasteiger partial charge in [0.2, 0.25) is 5.91 Å². The summed E-state index contributed by atoms with van der Waals surface area (Å²) < 4.78 is 0. The highest BCUT2D eigenvalue weighted by Gasteiger charge is 2.42. The van der Waals surface area contributed by atoms with Crippen LogP contribution in [0.2, 0.25) is 0 Å². The van der Waals surface area contributed by atoms with Crippen LogP contribution in [0.4, 0.5) is 0 Å². The predicted molar refractivity (Wildman–Crippen MR) is 68.2 cm³/mol. The highest BCUT2D eigenvalue weighted by atomic mass is 16.2. The summed E-state index contributed by atoms with van der Waals surface area (Å²) in [6, 6.07) is 10.4. The van der Waals surface area contributed by atoms with Crippen molar-refractivity contribution in [3.8, 4) is 0 Å². The fourth-order valence-electron chi connectivity index (χ4n) is 2.01. The molecular weight excluding hydrogens is 212 g/mol. The van der Waals surface area contributed by atoms with Gasteiger partial charge in [-0.1, -0.05) is 30.3 Å². The molecule has 0 bridgehead atoms. The first-order valence-corrected chi connectivity index (χ1v) is 6.19. The van der Waals surface area contributed by atoms with E-state index in [0.717, 1.165) is 6.42 Å². The van der Waals surface area contributed by atoms with Gasteiger partial charge in [0.05, 0.1) is 5.92 Å². The van der Waals surface area contributed by atoms with Gasteiger partial charge in [0.1, 0.15) is 0 Å². The van der Waals surface area contributed by atoms with E-state index < -0.39 is 0 Å². The van der Waals surface area contributed by atoms with E-state index in [1.807, 2.05) is 23.1 Å². The summed E-state index contributed by atoms with van der Waals surface area (Å²) in [5, 5.41) is 0. The summed E-state index contributed by atoms with van der Waals surface area (Å²) in [6.45, 7) is 4.78. The minimum Gasteiger partial charge on any atom is -0.336 e. The number of nitrogens with zero attached hydrogens (tertiary/aromatic N) is 1. The second-order valence-corrected chi connectivity index (χ2v) is 5.05. The molecule has 0 saturated heterocycles. The molecule has 92 valence electrons. The molecule has 2 N–H and O–H groups in total. The van der Waals surface area contributed by atoms with E-state index >= 15 is 0 Å². The molecule has 3 heteroatoms. The number of hydrogen-bond donors (Lipinski definition) is 1. The van der Waals surface area contributed by atoms with Crippen LogP contribution < -0.4 is 5.73 Å². The number of rotatable bonds is 4. The van der Waals surface area contributed by atoms with Crippen molar-refractivity contribution in [2.75, 3.05) is 0 Å². The highest BCUT2D eigenvalue weighted by molar-refractivity contribution is 5.82. The first-order valence-electron chi connectivity index (χ1n) is 6.19. The zero-order valence-corrected chi connectivity index (χ0v) is 10.5. The fraction of sp³-hybridized carbons (Fsp3) is 0.500. The quantitative estimate of drug-likeness (QED) is 0.860. The third-order valence-corrected chi connectivity index (χ3v) is 3.26. The van der Waals surface area contributed by atoms with Crippen molar-refractivity contribution in [2.24, 2.45) is 11.7 Å². The number of carbonyl (C=O) groups excluding carboxylic acids is 1. The Morgan fingerprint density at radius 1 is 1.41 bits per heavy atom. The molecule has 2 atom stereocenters. The average molecular weight is 232 g/mol. The number of hydrogen-bond acceptors (Lipinski definition) is 2. The lowest BCUT2D eigenvalue weighted by Gasteiger charge is -2.27. The third-order valence-electron chi connectivity index (χ3n) is 3.26. The Balaban J connectivity index is 2.05. The molecule has 2 unspecified atom stereocenters. The SMILES string of the molecule is CC(C)N(Cc1ccccc1)C(=O)C1CC1N. The average Bonchev–Trinajstić information content (AvgIpc) is 3.03. The van der Waals surface area contributed by atoms with E-state index in [2.05, 4.69) is 26.0 Å². The highest BCUT2D eigenvalue weighted by Crippen LogP contribution is 2.31. The lowest BCUT2D eigenvalue weighted by atomic mass is 10.1. The van der Waals surface area contributed by atoms with Crippen LogP contribution in [0.15, 0.2) is 30.3 Å². The first-order chi connectivity index (χ1) is 8.09. The van der Waals surface area contributed by atoms with Crippen molar-refractivity contribution in [3.05, 3.63) is 35.9 Å². The zero-order valence-electron chi connectivity index (χ0n) is 10.5. The van der Waals surface area contributed by atoms with Crippen molar-refractivity contribution in [2.45, 2.75) is 38.9 Å². The van der Waals surface area contributed by atoms with Crippen LogP contribution in [0.3, 0.4) is 0 Å². The number of amides is 1. The Kier molecular flexibility index (Phi) is 3.48. The molecule has 0 aromatic heterocycles. The molecular formula is C14H20N2O. The maximum absolute atomic E-state index is 12.2. The van der Waals surface area contributed by atoms with Gasteiger partial charge in [0, 0.05) is 18.6 Å². The molecule has 0 heterocycles. The van der Waals surface area contributed by atoms with E-state index in [1.54, 1.807) is 0 Å². The number of carbonyl (C=O) groups is 1. The second kappa shape index (κ2) is 4.88. The topological polar surface area (TPSA) is 46.3 Å². The zero-order chi connectivity index (χ0) is 12.4. The van der Waals surface area contributed by atoms with Crippen molar-refractivity contribution < 1.29 is 4.79 Å². The van der Waals surface area contributed by atoms with Gasteiger partial charge in [-0.2, -0.15) is 0 Å². The van der Waals surface area contributed by atoms with Crippen molar-refractivity contribution in [1.29, 1.82) is 0 Å². The molecule has 17 heavy (non-hydrogen) atoms. The van der Waals surface area contributed by atoms with Crippen molar-refractivity contribution >= 4 is 5.91 Å². The Hall–Kier alpha value is -1.35. The molecule has 1 amide bonds. The smallest absolute Gasteiger partial charge is 0.227 e. The molecule has 3 nitrogen and oxygen atoms in total. The Morgan fingerprint density at radius 3 is 2.47 bits per heavy atom. The Morgan fingerprint density at radius 2 is 2.00 bits per heavy atom. The second-order valence-electron chi connectivity index (χ2n) is 5.05. The van der Waals surface area contributed by atoms with Crippen molar-refractivity contribution in [3.63, 3.8) is 0 Å². The number of nitrogens with two attached hydrogens (primary N) is 1. The molecule has 0 aliphatic heterocycles. The van der Waals surface area contributed by atoms with E-state index in [1.165, 1.54) is 5.56 Å². The summed E-state index contributed by atoms with van der Waals surface area (Å²) in [5.41, 5.74) is 6.92. The van der Waals surface area contributed by atoms with Crippen LogP contribution in [0.5, 0.6) is 0 Å². The number of benzene rings is 1. The molecule has 0 radical (unpaired) electrons. The molecule has 2 rings (SSSR count). The van der Waals surface area contributed by atoms with Crippen LogP contribution in [0.1, 0.15) is 25.8 Å². The van der Waals surface area contributed by atoms with Crippen LogP contribution in [-0.2, 0) is 11.3 Å².